The third-order valence-electron chi connectivity index (χ3n) is 5.34. The maximum atomic E-state index is 13.4. The Morgan fingerprint density at radius 3 is 2.52 bits per heavy atom. The van der Waals surface area contributed by atoms with E-state index in [0.717, 1.165) is 23.4 Å². The highest BCUT2D eigenvalue weighted by molar-refractivity contribution is 7.92. The van der Waals surface area contributed by atoms with Crippen molar-refractivity contribution in [3.8, 4) is 17.1 Å². The molecule has 0 bridgehead atoms. The number of amides is 1. The highest BCUT2D eigenvalue weighted by Gasteiger charge is 2.27. The second-order valence-corrected chi connectivity index (χ2v) is 9.71. The number of carbonyl (C=O) groups excluding carboxylic acids is 1. The van der Waals surface area contributed by atoms with Gasteiger partial charge in [0.25, 0.3) is 5.91 Å². The molecule has 0 unspecified atom stereocenters. The number of nitrogens with one attached hydrogen (secondary N) is 1. The summed E-state index contributed by atoms with van der Waals surface area (Å²) in [5.74, 6) is 0.278. The van der Waals surface area contributed by atoms with Crippen molar-refractivity contribution in [2.45, 2.75) is 12.8 Å². The first-order valence-corrected chi connectivity index (χ1v) is 11.7. The summed E-state index contributed by atoms with van der Waals surface area (Å²) in [6.45, 7) is 0.466. The van der Waals surface area contributed by atoms with Gasteiger partial charge in [-0.15, -0.1) is 0 Å². The second kappa shape index (κ2) is 7.88. The van der Waals surface area contributed by atoms with Crippen molar-refractivity contribution in [1.82, 2.24) is 5.32 Å². The van der Waals surface area contributed by atoms with E-state index in [2.05, 4.69) is 5.32 Å². The van der Waals surface area contributed by atoms with Gasteiger partial charge in [0.15, 0.2) is 0 Å². The molecule has 0 saturated heterocycles. The summed E-state index contributed by atoms with van der Waals surface area (Å²) in [7, 11) is -0.620. The van der Waals surface area contributed by atoms with Gasteiger partial charge in [0.2, 0.25) is 10.0 Å². The number of fused-ring (bicyclic) bond motifs is 1. The number of anilines is 1. The van der Waals surface area contributed by atoms with Gasteiger partial charge in [-0.05, 0) is 49.1 Å². The Morgan fingerprint density at radius 2 is 1.94 bits per heavy atom. The molecule has 1 aliphatic carbocycles. The normalized spacial score (nSPS) is 13.9. The van der Waals surface area contributed by atoms with Crippen LogP contribution < -0.4 is 14.4 Å². The van der Waals surface area contributed by atoms with Crippen LogP contribution in [0.3, 0.4) is 0 Å². The minimum atomic E-state index is -3.56. The molecule has 2 aromatic carbocycles. The number of hydrogen-bond donors (Lipinski definition) is 1. The number of rotatable bonds is 7. The molecular formula is C22H23FN2O5S. The lowest BCUT2D eigenvalue weighted by molar-refractivity contribution is 0.0964. The molecule has 0 radical (unpaired) electrons. The molecule has 0 atom stereocenters. The monoisotopic (exact) mass is 446 g/mol. The van der Waals surface area contributed by atoms with E-state index in [1.807, 2.05) is 0 Å². The van der Waals surface area contributed by atoms with Crippen molar-refractivity contribution in [2.75, 3.05) is 31.3 Å². The molecule has 1 aromatic heterocycles. The van der Waals surface area contributed by atoms with Crippen molar-refractivity contribution in [3.63, 3.8) is 0 Å². The molecule has 1 aliphatic rings. The van der Waals surface area contributed by atoms with Crippen LogP contribution in [0, 0.1) is 11.7 Å². The van der Waals surface area contributed by atoms with Crippen LogP contribution in [0.1, 0.15) is 23.2 Å². The maximum Gasteiger partial charge on any atom is 0.255 e. The molecule has 1 fully saturated rings. The predicted molar refractivity (Wildman–Crippen MR) is 116 cm³/mol. The molecule has 31 heavy (non-hydrogen) atoms. The Hall–Kier alpha value is -3.07. The molecule has 0 aliphatic heterocycles. The van der Waals surface area contributed by atoms with Gasteiger partial charge in [0.1, 0.15) is 22.9 Å². The van der Waals surface area contributed by atoms with Gasteiger partial charge >= 0.3 is 0 Å². The average Bonchev–Trinajstić information content (AvgIpc) is 3.49. The van der Waals surface area contributed by atoms with Crippen LogP contribution in [-0.4, -0.2) is 41.3 Å². The van der Waals surface area contributed by atoms with E-state index in [9.17, 15) is 17.6 Å². The van der Waals surface area contributed by atoms with Gasteiger partial charge in [-0.2, -0.15) is 0 Å². The van der Waals surface area contributed by atoms with E-state index in [-0.39, 0.29) is 17.2 Å². The molecule has 164 valence electrons. The molecule has 0 spiro atoms. The molecule has 1 saturated carbocycles. The third kappa shape index (κ3) is 4.23. The van der Waals surface area contributed by atoms with Gasteiger partial charge in [0.05, 0.1) is 24.1 Å². The summed E-state index contributed by atoms with van der Waals surface area (Å²) in [5.41, 5.74) is 1.43. The first-order chi connectivity index (χ1) is 14.7. The Balaban J connectivity index is 1.93. The third-order valence-corrected chi connectivity index (χ3v) is 6.53. The number of halogens is 1. The predicted octanol–water partition coefficient (Wildman–Crippen LogP) is 3.78. The van der Waals surface area contributed by atoms with Crippen LogP contribution in [0.4, 0.5) is 10.1 Å². The minimum absolute atomic E-state index is 0.265. The van der Waals surface area contributed by atoms with Gasteiger partial charge in [0, 0.05) is 31.1 Å². The molecule has 1 N–H and O–H groups in total. The summed E-state index contributed by atoms with van der Waals surface area (Å²) in [6, 6.07) is 8.79. The standard InChI is InChI=1S/C22H23FN2O5S/c1-24-22(26)20-16-10-19(29-12-13-4-5-13)17(25(2)31(3,27)28)11-18(16)30-21(20)14-6-8-15(23)9-7-14/h6-11,13H,4-5,12H2,1-3H3,(H,24,26). The fourth-order valence-electron chi connectivity index (χ4n) is 3.30. The van der Waals surface area contributed by atoms with E-state index in [4.69, 9.17) is 9.15 Å². The van der Waals surface area contributed by atoms with Crippen LogP contribution in [0.2, 0.25) is 0 Å². The first kappa shape index (κ1) is 21.2. The smallest absolute Gasteiger partial charge is 0.255 e. The average molecular weight is 447 g/mol. The second-order valence-electron chi connectivity index (χ2n) is 7.69. The lowest BCUT2D eigenvalue weighted by Gasteiger charge is -2.20. The van der Waals surface area contributed by atoms with Gasteiger partial charge in [-0.3, -0.25) is 9.10 Å². The summed E-state index contributed by atoms with van der Waals surface area (Å²) >= 11 is 0. The van der Waals surface area contributed by atoms with Crippen LogP contribution in [0.15, 0.2) is 40.8 Å². The summed E-state index contributed by atoms with van der Waals surface area (Å²) in [5, 5.41) is 3.08. The number of nitrogens with zero attached hydrogens (tertiary/aromatic N) is 1. The number of ether oxygens (including phenoxy) is 1. The number of furan rings is 1. The number of benzene rings is 2. The Bertz CT molecular complexity index is 1250. The summed E-state index contributed by atoms with van der Waals surface area (Å²) < 4.78 is 50.8. The molecular weight excluding hydrogens is 423 g/mol. The van der Waals surface area contributed by atoms with Crippen molar-refractivity contribution in [2.24, 2.45) is 5.92 Å². The van der Waals surface area contributed by atoms with E-state index in [1.165, 1.54) is 38.4 Å². The highest BCUT2D eigenvalue weighted by Crippen LogP contribution is 2.41. The Morgan fingerprint density at radius 1 is 1.26 bits per heavy atom. The Labute approximate surface area is 179 Å². The minimum Gasteiger partial charge on any atom is -0.491 e. The van der Waals surface area contributed by atoms with Gasteiger partial charge in [-0.25, -0.2) is 12.8 Å². The van der Waals surface area contributed by atoms with E-state index in [0.29, 0.717) is 40.5 Å². The largest absolute Gasteiger partial charge is 0.491 e. The van der Waals surface area contributed by atoms with Crippen molar-refractivity contribution in [1.29, 1.82) is 0 Å². The van der Waals surface area contributed by atoms with Gasteiger partial charge < -0.3 is 14.5 Å². The fourth-order valence-corrected chi connectivity index (χ4v) is 3.80. The molecule has 7 nitrogen and oxygen atoms in total. The van der Waals surface area contributed by atoms with Crippen LogP contribution in [0.25, 0.3) is 22.3 Å². The van der Waals surface area contributed by atoms with Crippen molar-refractivity contribution < 1.29 is 26.8 Å². The quantitative estimate of drug-likeness (QED) is 0.597. The molecule has 1 amide bonds. The van der Waals surface area contributed by atoms with Gasteiger partial charge in [-0.1, -0.05) is 0 Å². The zero-order valence-corrected chi connectivity index (χ0v) is 18.3. The topological polar surface area (TPSA) is 88.9 Å². The summed E-state index contributed by atoms with van der Waals surface area (Å²) in [4.78, 5) is 12.7. The SMILES string of the molecule is CNC(=O)c1c(-c2ccc(F)cc2)oc2cc(N(C)S(C)(=O)=O)c(OCC3CC3)cc12. The Kier molecular flexibility index (Phi) is 5.38. The fraction of sp³-hybridized carbons (Fsp3) is 0.318. The van der Waals surface area contributed by atoms with E-state index >= 15 is 0 Å². The van der Waals surface area contributed by atoms with Crippen LogP contribution >= 0.6 is 0 Å². The summed E-state index contributed by atoms with van der Waals surface area (Å²) in [6.07, 6.45) is 3.25. The number of hydrogen-bond acceptors (Lipinski definition) is 5. The van der Waals surface area contributed by atoms with Crippen molar-refractivity contribution in [3.05, 3.63) is 47.8 Å². The lowest BCUT2D eigenvalue weighted by Crippen LogP contribution is -2.25. The van der Waals surface area contributed by atoms with E-state index < -0.39 is 15.8 Å². The van der Waals surface area contributed by atoms with Crippen molar-refractivity contribution >= 4 is 32.6 Å². The first-order valence-electron chi connectivity index (χ1n) is 9.84. The highest BCUT2D eigenvalue weighted by atomic mass is 32.2. The van der Waals surface area contributed by atoms with Crippen LogP contribution in [0.5, 0.6) is 5.75 Å². The zero-order chi connectivity index (χ0) is 22.3. The molecule has 4 rings (SSSR count). The maximum absolute atomic E-state index is 13.4. The zero-order valence-electron chi connectivity index (χ0n) is 17.4. The molecule has 9 heteroatoms. The van der Waals surface area contributed by atoms with E-state index in [1.54, 1.807) is 12.1 Å². The molecule has 1 heterocycles. The lowest BCUT2D eigenvalue weighted by atomic mass is 10.0. The van der Waals surface area contributed by atoms with Crippen LogP contribution in [-0.2, 0) is 10.0 Å². The molecule has 3 aromatic rings. The number of carbonyl (C=O) groups is 1. The number of sulfonamides is 1.